The molecule has 0 aliphatic rings. The molecule has 0 aromatic carbocycles. The Morgan fingerprint density at radius 1 is 1.53 bits per heavy atom. The third-order valence-electron chi connectivity index (χ3n) is 2.11. The van der Waals surface area contributed by atoms with Gasteiger partial charge in [0.25, 0.3) is 0 Å². The lowest BCUT2D eigenvalue weighted by molar-refractivity contribution is 0.0525. The van der Waals surface area contributed by atoms with Gasteiger partial charge in [-0.15, -0.1) is 11.3 Å². The van der Waals surface area contributed by atoms with E-state index < -0.39 is 0 Å². The van der Waals surface area contributed by atoms with Crippen molar-refractivity contribution >= 4 is 22.3 Å². The van der Waals surface area contributed by atoms with E-state index in [9.17, 15) is 4.79 Å². The Bertz CT molecular complexity index is 363. The molecule has 0 atom stereocenters. The molecule has 4 heteroatoms. The molecule has 0 amide bonds. The number of esters is 1. The van der Waals surface area contributed by atoms with Crippen molar-refractivity contribution in [3.8, 4) is 0 Å². The van der Waals surface area contributed by atoms with Crippen LogP contribution in [0.2, 0.25) is 0 Å². The molecule has 1 aromatic rings. The second-order valence-electron chi connectivity index (χ2n) is 4.36. The summed E-state index contributed by atoms with van der Waals surface area (Å²) in [6, 6.07) is 0. The first kappa shape index (κ1) is 12.0. The zero-order chi connectivity index (χ0) is 11.6. The number of rotatable bonds is 2. The van der Waals surface area contributed by atoms with E-state index in [-0.39, 0.29) is 11.4 Å². The van der Waals surface area contributed by atoms with Crippen molar-refractivity contribution in [3.05, 3.63) is 16.5 Å². The maximum atomic E-state index is 11.7. The molecule has 3 nitrogen and oxygen atoms in total. The van der Waals surface area contributed by atoms with Crippen LogP contribution in [0, 0.1) is 0 Å². The van der Waals surface area contributed by atoms with E-state index in [0.717, 1.165) is 5.56 Å². The number of hydrogen-bond donors (Lipinski definition) is 1. The Hall–Kier alpha value is -1.03. The van der Waals surface area contributed by atoms with Crippen molar-refractivity contribution in [2.75, 3.05) is 12.3 Å². The van der Waals surface area contributed by atoms with Crippen LogP contribution in [-0.4, -0.2) is 12.6 Å². The summed E-state index contributed by atoms with van der Waals surface area (Å²) < 4.78 is 4.99. The Morgan fingerprint density at radius 3 is 2.60 bits per heavy atom. The number of nitrogen functional groups attached to an aromatic ring is 1. The summed E-state index contributed by atoms with van der Waals surface area (Å²) in [6.45, 7) is 8.32. The SMILES string of the molecule is CCOC(=O)c1c(C(C)(C)C)csc1N. The van der Waals surface area contributed by atoms with E-state index in [2.05, 4.69) is 20.8 Å². The number of hydrogen-bond acceptors (Lipinski definition) is 4. The van der Waals surface area contributed by atoms with E-state index in [0.29, 0.717) is 17.2 Å². The molecule has 0 fully saturated rings. The van der Waals surface area contributed by atoms with Gasteiger partial charge in [0.15, 0.2) is 0 Å². The van der Waals surface area contributed by atoms with Crippen molar-refractivity contribution in [1.29, 1.82) is 0 Å². The second-order valence-corrected chi connectivity index (χ2v) is 5.27. The molecule has 0 saturated carbocycles. The Labute approximate surface area is 94.2 Å². The van der Waals surface area contributed by atoms with Crippen molar-refractivity contribution in [2.24, 2.45) is 0 Å². The summed E-state index contributed by atoms with van der Waals surface area (Å²) in [5.41, 5.74) is 7.20. The van der Waals surface area contributed by atoms with Gasteiger partial charge < -0.3 is 10.5 Å². The van der Waals surface area contributed by atoms with E-state index in [4.69, 9.17) is 10.5 Å². The van der Waals surface area contributed by atoms with Gasteiger partial charge in [0.2, 0.25) is 0 Å². The standard InChI is InChI=1S/C11H17NO2S/c1-5-14-10(13)8-7(11(2,3)4)6-15-9(8)12/h6H,5,12H2,1-4H3. The minimum absolute atomic E-state index is 0.0871. The quantitative estimate of drug-likeness (QED) is 0.790. The van der Waals surface area contributed by atoms with Gasteiger partial charge in [-0.1, -0.05) is 20.8 Å². The highest BCUT2D eigenvalue weighted by Crippen LogP contribution is 2.34. The van der Waals surface area contributed by atoms with Crippen LogP contribution in [-0.2, 0) is 10.2 Å². The van der Waals surface area contributed by atoms with E-state index in [1.807, 2.05) is 5.38 Å². The molecular weight excluding hydrogens is 210 g/mol. The first-order valence-corrected chi connectivity index (χ1v) is 5.80. The van der Waals surface area contributed by atoms with Gasteiger partial charge in [0.05, 0.1) is 12.2 Å². The van der Waals surface area contributed by atoms with Crippen LogP contribution in [0.25, 0.3) is 0 Å². The summed E-state index contributed by atoms with van der Waals surface area (Å²) >= 11 is 1.39. The molecule has 0 aliphatic carbocycles. The topological polar surface area (TPSA) is 52.3 Å². The molecular formula is C11H17NO2S. The zero-order valence-electron chi connectivity index (χ0n) is 9.59. The lowest BCUT2D eigenvalue weighted by Gasteiger charge is -2.18. The van der Waals surface area contributed by atoms with Crippen LogP contribution in [0.3, 0.4) is 0 Å². The number of thiophene rings is 1. The Kier molecular flexibility index (Phi) is 3.39. The number of ether oxygens (including phenoxy) is 1. The van der Waals surface area contributed by atoms with Crippen LogP contribution in [0.5, 0.6) is 0 Å². The molecule has 0 saturated heterocycles. The minimum Gasteiger partial charge on any atom is -0.462 e. The van der Waals surface area contributed by atoms with Crippen molar-refractivity contribution in [2.45, 2.75) is 33.1 Å². The fraction of sp³-hybridized carbons (Fsp3) is 0.545. The molecule has 0 unspecified atom stereocenters. The monoisotopic (exact) mass is 227 g/mol. The molecule has 1 aromatic heterocycles. The third-order valence-corrected chi connectivity index (χ3v) is 2.92. The molecule has 0 bridgehead atoms. The van der Waals surface area contributed by atoms with Crippen LogP contribution in [0.15, 0.2) is 5.38 Å². The van der Waals surface area contributed by atoms with Crippen LogP contribution >= 0.6 is 11.3 Å². The molecule has 2 N–H and O–H groups in total. The highest BCUT2D eigenvalue weighted by molar-refractivity contribution is 7.14. The van der Waals surface area contributed by atoms with Crippen molar-refractivity contribution in [1.82, 2.24) is 0 Å². The first-order chi connectivity index (χ1) is 6.88. The molecule has 0 radical (unpaired) electrons. The van der Waals surface area contributed by atoms with Gasteiger partial charge in [-0.25, -0.2) is 4.79 Å². The van der Waals surface area contributed by atoms with E-state index in [1.165, 1.54) is 11.3 Å². The summed E-state index contributed by atoms with van der Waals surface area (Å²) in [7, 11) is 0. The lowest BCUT2D eigenvalue weighted by atomic mass is 9.86. The van der Waals surface area contributed by atoms with Crippen molar-refractivity contribution < 1.29 is 9.53 Å². The summed E-state index contributed by atoms with van der Waals surface area (Å²) in [5, 5.41) is 2.47. The van der Waals surface area contributed by atoms with Gasteiger partial charge in [-0.3, -0.25) is 0 Å². The van der Waals surface area contributed by atoms with Crippen LogP contribution < -0.4 is 5.73 Å². The van der Waals surface area contributed by atoms with Gasteiger partial charge in [0.1, 0.15) is 5.00 Å². The molecule has 84 valence electrons. The van der Waals surface area contributed by atoms with Crippen molar-refractivity contribution in [3.63, 3.8) is 0 Å². The fourth-order valence-corrected chi connectivity index (χ4v) is 2.37. The maximum Gasteiger partial charge on any atom is 0.341 e. The first-order valence-electron chi connectivity index (χ1n) is 4.92. The number of anilines is 1. The second kappa shape index (κ2) is 4.23. The normalized spacial score (nSPS) is 11.5. The summed E-state index contributed by atoms with van der Waals surface area (Å²) in [4.78, 5) is 11.7. The number of carbonyl (C=O) groups is 1. The highest BCUT2D eigenvalue weighted by atomic mass is 32.1. The van der Waals surface area contributed by atoms with Crippen LogP contribution in [0.4, 0.5) is 5.00 Å². The molecule has 0 spiro atoms. The maximum absolute atomic E-state index is 11.7. The predicted molar refractivity (Wildman–Crippen MR) is 63.4 cm³/mol. The molecule has 15 heavy (non-hydrogen) atoms. The molecule has 0 aliphatic heterocycles. The zero-order valence-corrected chi connectivity index (χ0v) is 10.4. The predicted octanol–water partition coefficient (Wildman–Crippen LogP) is 2.80. The Morgan fingerprint density at radius 2 is 2.13 bits per heavy atom. The number of carbonyl (C=O) groups excluding carboxylic acids is 1. The fourth-order valence-electron chi connectivity index (χ4n) is 1.34. The minimum atomic E-state index is -0.318. The van der Waals surface area contributed by atoms with Gasteiger partial charge in [-0.2, -0.15) is 0 Å². The Balaban J connectivity index is 3.16. The van der Waals surface area contributed by atoms with Gasteiger partial charge >= 0.3 is 5.97 Å². The smallest absolute Gasteiger partial charge is 0.341 e. The third kappa shape index (κ3) is 2.50. The van der Waals surface area contributed by atoms with Crippen LogP contribution in [0.1, 0.15) is 43.6 Å². The summed E-state index contributed by atoms with van der Waals surface area (Å²) in [5.74, 6) is -0.318. The highest BCUT2D eigenvalue weighted by Gasteiger charge is 2.26. The average Bonchev–Trinajstić information content (AvgIpc) is 2.46. The molecule has 1 heterocycles. The lowest BCUT2D eigenvalue weighted by Crippen LogP contribution is -2.17. The van der Waals surface area contributed by atoms with Gasteiger partial charge in [0, 0.05) is 0 Å². The summed E-state index contributed by atoms with van der Waals surface area (Å²) in [6.07, 6.45) is 0. The average molecular weight is 227 g/mol. The number of nitrogens with two attached hydrogens (primary N) is 1. The van der Waals surface area contributed by atoms with E-state index in [1.54, 1.807) is 6.92 Å². The van der Waals surface area contributed by atoms with E-state index >= 15 is 0 Å². The largest absolute Gasteiger partial charge is 0.462 e. The van der Waals surface area contributed by atoms with Gasteiger partial charge in [-0.05, 0) is 23.3 Å². The molecule has 1 rings (SSSR count).